The Kier molecular flexibility index (Phi) is 15.4. The first-order chi connectivity index (χ1) is 7.72. The third kappa shape index (κ3) is 11.9. The number of unbranched alkanes of at least 4 members (excludes halogenated alkanes) is 1. The number of carboxylic acids is 1. The topological polar surface area (TPSA) is 40.1 Å². The summed E-state index contributed by atoms with van der Waals surface area (Å²) in [5.41, 5.74) is 0. The molecule has 0 amide bonds. The van der Waals surface area contributed by atoms with E-state index in [0.717, 1.165) is 19.3 Å². The van der Waals surface area contributed by atoms with Gasteiger partial charge in [-0.25, -0.2) is 0 Å². The smallest absolute Gasteiger partial charge is 0.550 e. The maximum absolute atomic E-state index is 10.3. The normalized spacial score (nSPS) is 10.5. The number of aliphatic carboxylic acids is 1. The second kappa shape index (κ2) is 13.8. The molecule has 0 spiro atoms. The van der Waals surface area contributed by atoms with Gasteiger partial charge in [-0.15, -0.1) is 0 Å². The molecule has 0 aliphatic heterocycles. The van der Waals surface area contributed by atoms with E-state index < -0.39 is 5.97 Å². The van der Waals surface area contributed by atoms with Gasteiger partial charge in [0, 0.05) is 5.97 Å². The van der Waals surface area contributed by atoms with Crippen molar-refractivity contribution in [2.45, 2.75) is 39.5 Å². The summed E-state index contributed by atoms with van der Waals surface area (Å²) in [7, 11) is 0. The van der Waals surface area contributed by atoms with Gasteiger partial charge in [-0.3, -0.25) is 0 Å². The standard InChI is InChI=1S/C8H16O2.C6H6.Na/c1-3-5-6-7(4-2)8(9)10;1-2-4-6-5-3-1;/h7H,3-6H2,1-2H3,(H,9,10);1-6H;/q;;+1/p-1. The summed E-state index contributed by atoms with van der Waals surface area (Å²) in [5.74, 6) is -1.11. The quantitative estimate of drug-likeness (QED) is 0.664. The molecule has 1 aromatic carbocycles. The molecule has 0 aliphatic rings. The van der Waals surface area contributed by atoms with Crippen LogP contribution in [0.25, 0.3) is 0 Å². The monoisotopic (exact) mass is 244 g/mol. The number of carbonyl (C=O) groups excluding carboxylic acids is 1. The van der Waals surface area contributed by atoms with Gasteiger partial charge in [-0.1, -0.05) is 63.1 Å². The molecule has 0 N–H and O–H groups in total. The van der Waals surface area contributed by atoms with Crippen LogP contribution in [0.4, 0.5) is 0 Å². The van der Waals surface area contributed by atoms with Gasteiger partial charge in [-0.2, -0.15) is 0 Å². The van der Waals surface area contributed by atoms with Gasteiger partial charge in [-0.05, 0) is 18.8 Å². The van der Waals surface area contributed by atoms with Crippen LogP contribution in [0, 0.1) is 5.92 Å². The van der Waals surface area contributed by atoms with Crippen molar-refractivity contribution in [1.29, 1.82) is 0 Å². The molecule has 0 fully saturated rings. The minimum atomic E-state index is -0.893. The van der Waals surface area contributed by atoms with Crippen LogP contribution in [0.3, 0.4) is 0 Å². The first kappa shape index (κ1) is 19.0. The van der Waals surface area contributed by atoms with E-state index in [2.05, 4.69) is 6.92 Å². The Labute approximate surface area is 127 Å². The molecule has 2 nitrogen and oxygen atoms in total. The fourth-order valence-corrected chi connectivity index (χ4v) is 1.32. The number of carboxylic acid groups (broad SMARTS) is 1. The van der Waals surface area contributed by atoms with Crippen molar-refractivity contribution in [1.82, 2.24) is 0 Å². The van der Waals surface area contributed by atoms with Crippen LogP contribution in [0.1, 0.15) is 39.5 Å². The van der Waals surface area contributed by atoms with Gasteiger partial charge in [0.2, 0.25) is 0 Å². The molecule has 0 aliphatic carbocycles. The Balaban J connectivity index is 0. The van der Waals surface area contributed by atoms with Crippen LogP contribution in [0.2, 0.25) is 0 Å². The molecular formula is C14H21NaO2. The number of hydrogen-bond acceptors (Lipinski definition) is 2. The van der Waals surface area contributed by atoms with E-state index >= 15 is 0 Å². The van der Waals surface area contributed by atoms with Crippen molar-refractivity contribution < 1.29 is 39.5 Å². The number of rotatable bonds is 5. The fourth-order valence-electron chi connectivity index (χ4n) is 1.32. The molecule has 17 heavy (non-hydrogen) atoms. The third-order valence-corrected chi connectivity index (χ3v) is 2.40. The minimum Gasteiger partial charge on any atom is -0.550 e. The predicted molar refractivity (Wildman–Crippen MR) is 64.8 cm³/mol. The molecule has 1 atom stereocenters. The molecule has 0 saturated heterocycles. The van der Waals surface area contributed by atoms with Crippen molar-refractivity contribution in [3.8, 4) is 0 Å². The van der Waals surface area contributed by atoms with E-state index in [4.69, 9.17) is 0 Å². The Morgan fingerprint density at radius 2 is 1.47 bits per heavy atom. The van der Waals surface area contributed by atoms with Gasteiger partial charge < -0.3 is 9.90 Å². The molecule has 0 aromatic heterocycles. The third-order valence-electron chi connectivity index (χ3n) is 2.40. The molecule has 90 valence electrons. The van der Waals surface area contributed by atoms with Crippen LogP contribution in [-0.2, 0) is 4.79 Å². The maximum atomic E-state index is 10.3. The average Bonchev–Trinajstić information content (AvgIpc) is 2.33. The van der Waals surface area contributed by atoms with E-state index in [0.29, 0.717) is 6.42 Å². The van der Waals surface area contributed by atoms with Crippen LogP contribution in [-0.4, -0.2) is 5.97 Å². The number of hydrogen-bond donors (Lipinski definition) is 0. The van der Waals surface area contributed by atoms with Crippen LogP contribution in [0.5, 0.6) is 0 Å². The summed E-state index contributed by atoms with van der Waals surface area (Å²) < 4.78 is 0. The summed E-state index contributed by atoms with van der Waals surface area (Å²) in [5, 5.41) is 10.3. The van der Waals surface area contributed by atoms with Crippen molar-refractivity contribution in [2.24, 2.45) is 5.92 Å². The largest absolute Gasteiger partial charge is 1.00 e. The molecule has 1 unspecified atom stereocenters. The summed E-state index contributed by atoms with van der Waals surface area (Å²) >= 11 is 0. The first-order valence-corrected chi connectivity index (χ1v) is 5.93. The Bertz CT molecular complexity index is 235. The van der Waals surface area contributed by atoms with E-state index in [1.54, 1.807) is 0 Å². The van der Waals surface area contributed by atoms with Crippen LogP contribution < -0.4 is 34.7 Å². The Morgan fingerprint density at radius 3 is 1.71 bits per heavy atom. The second-order valence-electron chi connectivity index (χ2n) is 3.72. The molecule has 0 saturated carbocycles. The molecular weight excluding hydrogens is 223 g/mol. The van der Waals surface area contributed by atoms with Gasteiger partial charge in [0.1, 0.15) is 0 Å². The van der Waals surface area contributed by atoms with Crippen molar-refractivity contribution >= 4 is 5.97 Å². The molecule has 0 bridgehead atoms. The maximum Gasteiger partial charge on any atom is 1.00 e. The zero-order valence-electron chi connectivity index (χ0n) is 11.2. The molecule has 3 heteroatoms. The summed E-state index contributed by atoms with van der Waals surface area (Å²) in [6, 6.07) is 12.0. The SMILES string of the molecule is CCCCC(CC)C(=O)[O-].[Na+].c1ccccc1. The summed E-state index contributed by atoms with van der Waals surface area (Å²) in [6.07, 6.45) is 3.52. The zero-order chi connectivity index (χ0) is 12.2. The molecule has 1 rings (SSSR count). The van der Waals surface area contributed by atoms with Gasteiger partial charge in [0.05, 0.1) is 0 Å². The van der Waals surface area contributed by atoms with Crippen molar-refractivity contribution in [2.75, 3.05) is 0 Å². The van der Waals surface area contributed by atoms with Crippen molar-refractivity contribution in [3.63, 3.8) is 0 Å². The zero-order valence-corrected chi connectivity index (χ0v) is 13.2. The Morgan fingerprint density at radius 1 is 1.06 bits per heavy atom. The van der Waals surface area contributed by atoms with E-state index in [1.165, 1.54) is 0 Å². The van der Waals surface area contributed by atoms with Gasteiger partial charge >= 0.3 is 29.6 Å². The summed E-state index contributed by atoms with van der Waals surface area (Å²) in [6.45, 7) is 3.94. The van der Waals surface area contributed by atoms with Gasteiger partial charge in [0.15, 0.2) is 0 Å². The average molecular weight is 244 g/mol. The fraction of sp³-hybridized carbons (Fsp3) is 0.500. The predicted octanol–water partition coefficient (Wildman–Crippen LogP) is -0.357. The van der Waals surface area contributed by atoms with Crippen LogP contribution in [0.15, 0.2) is 36.4 Å². The second-order valence-corrected chi connectivity index (χ2v) is 3.72. The van der Waals surface area contributed by atoms with E-state index in [1.807, 2.05) is 43.3 Å². The first-order valence-electron chi connectivity index (χ1n) is 5.93. The van der Waals surface area contributed by atoms with Crippen LogP contribution >= 0.6 is 0 Å². The minimum absolute atomic E-state index is 0. The molecule has 1 aromatic rings. The Hall–Kier alpha value is -0.310. The molecule has 0 heterocycles. The molecule has 0 radical (unpaired) electrons. The summed E-state index contributed by atoms with van der Waals surface area (Å²) in [4.78, 5) is 10.3. The number of carbonyl (C=O) groups is 1. The number of benzene rings is 1. The van der Waals surface area contributed by atoms with Gasteiger partial charge in [0.25, 0.3) is 0 Å². The van der Waals surface area contributed by atoms with Crippen molar-refractivity contribution in [3.05, 3.63) is 36.4 Å². The van der Waals surface area contributed by atoms with E-state index in [9.17, 15) is 9.90 Å². The van der Waals surface area contributed by atoms with E-state index in [-0.39, 0.29) is 35.5 Å².